The zero-order valence-corrected chi connectivity index (χ0v) is 25.0. The molecule has 42 heavy (non-hydrogen) atoms. The Morgan fingerprint density at radius 3 is 2.10 bits per heavy atom. The van der Waals surface area contributed by atoms with Gasteiger partial charge in [0.15, 0.2) is 35.2 Å². The molecule has 222 valence electrons. The first-order valence-corrected chi connectivity index (χ1v) is 14.5. The lowest BCUT2D eigenvalue weighted by molar-refractivity contribution is -0.0126. The highest BCUT2D eigenvalue weighted by Crippen LogP contribution is 2.52. The van der Waals surface area contributed by atoms with Gasteiger partial charge in [-0.3, -0.25) is 0 Å². The fourth-order valence-corrected chi connectivity index (χ4v) is 5.44. The van der Waals surface area contributed by atoms with Gasteiger partial charge in [0, 0.05) is 11.5 Å². The van der Waals surface area contributed by atoms with Crippen molar-refractivity contribution in [2.24, 2.45) is 5.92 Å². The molecule has 2 heterocycles. The minimum atomic E-state index is -0.639. The Balaban J connectivity index is 0.000000972. The number of phenolic OH excluding ortho intramolecular Hbond substituents is 2. The highest BCUT2D eigenvalue weighted by molar-refractivity contribution is 5.84. The number of aliphatic hydroxyl groups is 1. The van der Waals surface area contributed by atoms with Crippen LogP contribution in [0.15, 0.2) is 84.5 Å². The third-order valence-corrected chi connectivity index (χ3v) is 7.29. The van der Waals surface area contributed by atoms with Gasteiger partial charge in [0.2, 0.25) is 0 Å². The van der Waals surface area contributed by atoms with Crippen LogP contribution in [-0.4, -0.2) is 35.1 Å². The maximum Gasteiger partial charge on any atom is 0.163 e. The molecule has 0 amide bonds. The molecule has 3 aromatic rings. The molecule has 6 rings (SSSR count). The van der Waals surface area contributed by atoms with Gasteiger partial charge in [-0.1, -0.05) is 77.1 Å². The minimum absolute atomic E-state index is 0.0165. The Bertz CT molecular complexity index is 1470. The van der Waals surface area contributed by atoms with E-state index < -0.39 is 12.2 Å². The molecule has 7 nitrogen and oxygen atoms in total. The Kier molecular flexibility index (Phi) is 9.86. The summed E-state index contributed by atoms with van der Waals surface area (Å²) in [5, 5.41) is 30.8. The van der Waals surface area contributed by atoms with Gasteiger partial charge in [-0.25, -0.2) is 0 Å². The van der Waals surface area contributed by atoms with E-state index in [1.54, 1.807) is 24.3 Å². The number of hydrogen-bond acceptors (Lipinski definition) is 7. The Morgan fingerprint density at radius 2 is 1.40 bits per heavy atom. The molecule has 0 spiro atoms. The van der Waals surface area contributed by atoms with Crippen LogP contribution in [0.1, 0.15) is 63.5 Å². The summed E-state index contributed by atoms with van der Waals surface area (Å²) in [6, 6.07) is 15.9. The van der Waals surface area contributed by atoms with E-state index in [2.05, 4.69) is 6.92 Å². The van der Waals surface area contributed by atoms with Crippen LogP contribution < -0.4 is 18.9 Å². The van der Waals surface area contributed by atoms with Crippen molar-refractivity contribution in [3.8, 4) is 34.5 Å². The number of aromatic hydroxyl groups is 2. The summed E-state index contributed by atoms with van der Waals surface area (Å²) in [4.78, 5) is 0. The minimum Gasteiger partial charge on any atom is -0.507 e. The van der Waals surface area contributed by atoms with Gasteiger partial charge in [0.25, 0.3) is 0 Å². The van der Waals surface area contributed by atoms with Crippen molar-refractivity contribution in [1.29, 1.82) is 0 Å². The summed E-state index contributed by atoms with van der Waals surface area (Å²) in [5.74, 6) is 2.10. The molecule has 2 aliphatic heterocycles. The Hall–Kier alpha value is -4.36. The molecule has 7 heteroatoms. The molecular weight excluding hydrogens is 532 g/mol. The number of rotatable bonds is 4. The third kappa shape index (κ3) is 5.70. The number of phenols is 2. The summed E-state index contributed by atoms with van der Waals surface area (Å²) >= 11 is 0. The number of methoxy groups -OCH3 is 1. The fraction of sp³-hybridized carbons (Fsp3) is 0.314. The average Bonchev–Trinajstić information content (AvgIpc) is 3.57. The van der Waals surface area contributed by atoms with Crippen molar-refractivity contribution in [3.63, 3.8) is 0 Å². The number of aliphatic hydroxyl groups excluding tert-OH is 1. The van der Waals surface area contributed by atoms with Gasteiger partial charge in [-0.05, 0) is 53.1 Å². The van der Waals surface area contributed by atoms with Crippen molar-refractivity contribution in [2.75, 3.05) is 13.7 Å². The molecule has 4 atom stereocenters. The maximum atomic E-state index is 10.7. The van der Waals surface area contributed by atoms with Gasteiger partial charge in [-0.2, -0.15) is 0 Å². The molecule has 0 saturated carbocycles. The van der Waals surface area contributed by atoms with Crippen molar-refractivity contribution < 1.29 is 34.3 Å². The highest BCUT2D eigenvalue weighted by atomic mass is 16.6. The molecule has 3 N–H and O–H groups in total. The van der Waals surface area contributed by atoms with E-state index in [1.165, 1.54) is 13.2 Å². The van der Waals surface area contributed by atoms with Gasteiger partial charge in [-0.15, -0.1) is 0 Å². The van der Waals surface area contributed by atoms with Crippen LogP contribution in [0.25, 0.3) is 5.57 Å². The fourth-order valence-electron chi connectivity index (χ4n) is 5.44. The molecule has 0 fully saturated rings. The first kappa shape index (κ1) is 30.6. The van der Waals surface area contributed by atoms with Gasteiger partial charge in [0.05, 0.1) is 19.3 Å². The quantitative estimate of drug-likeness (QED) is 0.295. The number of allylic oxidation sites excluding steroid dienone is 5. The number of fused-ring (bicyclic) bond motifs is 2. The molecule has 4 unspecified atom stereocenters. The second-order valence-electron chi connectivity index (χ2n) is 9.58. The van der Waals surface area contributed by atoms with E-state index in [-0.39, 0.29) is 30.1 Å². The summed E-state index contributed by atoms with van der Waals surface area (Å²) in [5.41, 5.74) is 4.37. The summed E-state index contributed by atoms with van der Waals surface area (Å²) < 4.78 is 24.2. The van der Waals surface area contributed by atoms with Gasteiger partial charge in [0.1, 0.15) is 17.6 Å². The van der Waals surface area contributed by atoms with E-state index in [9.17, 15) is 15.3 Å². The first-order valence-electron chi connectivity index (χ1n) is 14.5. The molecule has 0 radical (unpaired) electrons. The van der Waals surface area contributed by atoms with Gasteiger partial charge < -0.3 is 34.3 Å². The highest BCUT2D eigenvalue weighted by Gasteiger charge is 2.38. The van der Waals surface area contributed by atoms with E-state index >= 15 is 0 Å². The van der Waals surface area contributed by atoms with Crippen molar-refractivity contribution in [2.45, 2.75) is 52.9 Å². The van der Waals surface area contributed by atoms with Crippen molar-refractivity contribution in [3.05, 3.63) is 101 Å². The van der Waals surface area contributed by atoms with Crippen LogP contribution in [0.3, 0.4) is 0 Å². The molecule has 0 bridgehead atoms. The van der Waals surface area contributed by atoms with E-state index in [1.807, 2.05) is 76.3 Å². The molecule has 0 saturated heterocycles. The third-order valence-electron chi connectivity index (χ3n) is 7.29. The van der Waals surface area contributed by atoms with Gasteiger partial charge >= 0.3 is 0 Å². The van der Waals surface area contributed by atoms with Crippen molar-refractivity contribution >= 4 is 5.57 Å². The van der Waals surface area contributed by atoms with Crippen LogP contribution in [-0.2, 0) is 0 Å². The predicted molar refractivity (Wildman–Crippen MR) is 165 cm³/mol. The van der Waals surface area contributed by atoms with Crippen LogP contribution in [0, 0.1) is 5.92 Å². The molecular formula is C35H40O7. The first-order chi connectivity index (χ1) is 20.5. The van der Waals surface area contributed by atoms with Crippen LogP contribution in [0.2, 0.25) is 0 Å². The lowest BCUT2D eigenvalue weighted by atomic mass is 9.80. The Labute approximate surface area is 248 Å². The van der Waals surface area contributed by atoms with Crippen LogP contribution in [0.5, 0.6) is 34.5 Å². The summed E-state index contributed by atoms with van der Waals surface area (Å²) in [7, 11) is 1.48. The number of ether oxygens (including phenoxy) is 4. The standard InChI is InChI=1S/C31H28O7.2C2H6/c1-17-28(18-6-3-4-7-18)29-22(34)8-5-9-24(29)37-30(17)19-11-13-23-26(15-19)38-31(27(16-32)36-23)20-10-12-21(33)25(14-20)35-2;2*1-2/h3-15,17,27,30-34H,16H2,1-2H3;2*1-2H3. The summed E-state index contributed by atoms with van der Waals surface area (Å²) in [6.07, 6.45) is 6.45. The number of benzene rings is 3. The van der Waals surface area contributed by atoms with E-state index in [4.69, 9.17) is 18.9 Å². The Morgan fingerprint density at radius 1 is 0.738 bits per heavy atom. The monoisotopic (exact) mass is 572 g/mol. The zero-order valence-electron chi connectivity index (χ0n) is 25.0. The topological polar surface area (TPSA) is 97.6 Å². The molecule has 3 aromatic carbocycles. The average molecular weight is 573 g/mol. The largest absolute Gasteiger partial charge is 0.507 e. The zero-order chi connectivity index (χ0) is 30.4. The molecule has 1 aliphatic carbocycles. The lowest BCUT2D eigenvalue weighted by Crippen LogP contribution is -2.36. The molecule has 0 aromatic heterocycles. The SMILES string of the molecule is CC.CC.COc1cc(C2Oc3cc(C4Oc5cccc(O)c5C(=C5C=CC=C5)C4C)ccc3OC2CO)ccc1O. The van der Waals surface area contributed by atoms with Crippen LogP contribution >= 0.6 is 0 Å². The van der Waals surface area contributed by atoms with Crippen molar-refractivity contribution in [1.82, 2.24) is 0 Å². The van der Waals surface area contributed by atoms with E-state index in [0.29, 0.717) is 34.1 Å². The molecule has 3 aliphatic rings. The van der Waals surface area contributed by atoms with E-state index in [0.717, 1.165) is 16.7 Å². The summed E-state index contributed by atoms with van der Waals surface area (Å²) in [6.45, 7) is 9.84. The number of hydrogen-bond donors (Lipinski definition) is 3. The smallest absolute Gasteiger partial charge is 0.163 e. The van der Waals surface area contributed by atoms with Crippen LogP contribution in [0.4, 0.5) is 0 Å². The predicted octanol–water partition coefficient (Wildman–Crippen LogP) is 7.68. The normalized spacial score (nSPS) is 21.3. The second kappa shape index (κ2) is 13.5. The second-order valence-corrected chi connectivity index (χ2v) is 9.58. The lowest BCUT2D eigenvalue weighted by Gasteiger charge is -2.37. The maximum absolute atomic E-state index is 10.7.